The van der Waals surface area contributed by atoms with Crippen molar-refractivity contribution in [3.05, 3.63) is 17.6 Å². The van der Waals surface area contributed by atoms with Crippen molar-refractivity contribution in [2.45, 2.75) is 52.6 Å². The first-order valence-electron chi connectivity index (χ1n) is 6.72. The third-order valence-corrected chi connectivity index (χ3v) is 3.38. The monoisotopic (exact) mass is 263 g/mol. The van der Waals surface area contributed by atoms with Crippen LogP contribution in [-0.2, 0) is 18.5 Å². The molecule has 2 heterocycles. The molecule has 0 saturated heterocycles. The van der Waals surface area contributed by atoms with Crippen LogP contribution in [0.25, 0.3) is 11.6 Å². The van der Waals surface area contributed by atoms with Gasteiger partial charge >= 0.3 is 0 Å². The van der Waals surface area contributed by atoms with Gasteiger partial charge in [-0.05, 0) is 32.8 Å². The molecule has 0 aliphatic rings. The second kappa shape index (κ2) is 5.13. The van der Waals surface area contributed by atoms with Gasteiger partial charge in [-0.3, -0.25) is 4.68 Å². The van der Waals surface area contributed by atoms with Gasteiger partial charge in [0.1, 0.15) is 5.69 Å². The quantitative estimate of drug-likeness (QED) is 0.893. The summed E-state index contributed by atoms with van der Waals surface area (Å²) in [5.41, 5.74) is 7.43. The summed E-state index contributed by atoms with van der Waals surface area (Å²) in [6.45, 7) is 8.77. The summed E-state index contributed by atoms with van der Waals surface area (Å²) >= 11 is 0. The number of rotatable bonds is 5. The molecule has 0 spiro atoms. The summed E-state index contributed by atoms with van der Waals surface area (Å²) in [7, 11) is 0. The van der Waals surface area contributed by atoms with E-state index in [1.807, 2.05) is 31.5 Å². The summed E-state index contributed by atoms with van der Waals surface area (Å²) in [5.74, 6) is 1.01. The minimum absolute atomic E-state index is 0.481. The average Bonchev–Trinajstić information content (AvgIpc) is 3.04. The van der Waals surface area contributed by atoms with Gasteiger partial charge in [0.05, 0.1) is 11.2 Å². The van der Waals surface area contributed by atoms with Crippen molar-refractivity contribution >= 4 is 0 Å². The van der Waals surface area contributed by atoms with Gasteiger partial charge in [0.15, 0.2) is 5.82 Å². The Balaban J connectivity index is 2.40. The van der Waals surface area contributed by atoms with E-state index in [0.29, 0.717) is 11.7 Å². The van der Waals surface area contributed by atoms with Crippen LogP contribution < -0.4 is 5.73 Å². The van der Waals surface area contributed by atoms with Gasteiger partial charge in [0, 0.05) is 6.54 Å². The zero-order chi connectivity index (χ0) is 14.0. The van der Waals surface area contributed by atoms with Crippen LogP contribution in [0.3, 0.4) is 0 Å². The van der Waals surface area contributed by atoms with E-state index in [2.05, 4.69) is 22.2 Å². The van der Waals surface area contributed by atoms with Crippen molar-refractivity contribution in [3.63, 3.8) is 0 Å². The average molecular weight is 263 g/mol. The molecule has 0 amide bonds. The molecule has 2 rings (SSSR count). The van der Waals surface area contributed by atoms with Crippen molar-refractivity contribution in [1.82, 2.24) is 19.9 Å². The Labute approximate surface area is 113 Å². The highest BCUT2D eigenvalue weighted by molar-refractivity contribution is 5.48. The lowest BCUT2D eigenvalue weighted by Gasteiger charge is -2.16. The molecular formula is C13H21N5O. The minimum atomic E-state index is -0.563. The summed E-state index contributed by atoms with van der Waals surface area (Å²) in [4.78, 5) is 4.42. The third kappa shape index (κ3) is 2.53. The topological polar surface area (TPSA) is 82.8 Å². The number of hydrogen-bond acceptors (Lipinski definition) is 5. The van der Waals surface area contributed by atoms with E-state index in [0.717, 1.165) is 30.8 Å². The molecule has 6 heteroatoms. The zero-order valence-electron chi connectivity index (χ0n) is 12.0. The second-order valence-corrected chi connectivity index (χ2v) is 4.88. The normalized spacial score (nSPS) is 14.6. The Kier molecular flexibility index (Phi) is 3.71. The molecule has 0 fully saturated rings. The summed E-state index contributed by atoms with van der Waals surface area (Å²) in [6, 6.07) is 1.99. The predicted molar refractivity (Wildman–Crippen MR) is 72.4 cm³/mol. The molecule has 0 aliphatic carbocycles. The second-order valence-electron chi connectivity index (χ2n) is 4.88. The molecule has 1 atom stereocenters. The van der Waals surface area contributed by atoms with Crippen LogP contribution in [0.4, 0.5) is 0 Å². The Morgan fingerprint density at radius 2 is 2.11 bits per heavy atom. The smallest absolute Gasteiger partial charge is 0.276 e. The van der Waals surface area contributed by atoms with Gasteiger partial charge in [-0.2, -0.15) is 10.1 Å². The van der Waals surface area contributed by atoms with Crippen LogP contribution in [-0.4, -0.2) is 19.9 Å². The van der Waals surface area contributed by atoms with E-state index in [1.54, 1.807) is 0 Å². The number of nitrogens with zero attached hydrogens (tertiary/aromatic N) is 4. The van der Waals surface area contributed by atoms with E-state index in [1.165, 1.54) is 0 Å². The van der Waals surface area contributed by atoms with Gasteiger partial charge in [-0.1, -0.05) is 19.0 Å². The molecule has 0 bridgehead atoms. The van der Waals surface area contributed by atoms with Crippen LogP contribution in [0.5, 0.6) is 0 Å². The maximum atomic E-state index is 6.12. The van der Waals surface area contributed by atoms with Crippen LogP contribution >= 0.6 is 0 Å². The van der Waals surface area contributed by atoms with Gasteiger partial charge in [0.25, 0.3) is 5.89 Å². The summed E-state index contributed by atoms with van der Waals surface area (Å²) in [5, 5.41) is 8.47. The summed E-state index contributed by atoms with van der Waals surface area (Å²) < 4.78 is 7.21. The molecule has 19 heavy (non-hydrogen) atoms. The first-order chi connectivity index (χ1) is 9.01. The third-order valence-electron chi connectivity index (χ3n) is 3.38. The number of hydrogen-bond donors (Lipinski definition) is 1. The Morgan fingerprint density at radius 1 is 1.37 bits per heavy atom. The summed E-state index contributed by atoms with van der Waals surface area (Å²) in [6.07, 6.45) is 1.63. The molecule has 1 unspecified atom stereocenters. The van der Waals surface area contributed by atoms with Crippen molar-refractivity contribution in [1.29, 1.82) is 0 Å². The van der Waals surface area contributed by atoms with Gasteiger partial charge in [-0.15, -0.1) is 0 Å². The van der Waals surface area contributed by atoms with E-state index >= 15 is 0 Å². The van der Waals surface area contributed by atoms with Gasteiger partial charge < -0.3 is 10.3 Å². The Hall–Kier alpha value is -1.69. The zero-order valence-corrected chi connectivity index (χ0v) is 12.0. The largest absolute Gasteiger partial charge is 0.332 e. The maximum Gasteiger partial charge on any atom is 0.276 e. The lowest BCUT2D eigenvalue weighted by atomic mass is 10.0. The van der Waals surface area contributed by atoms with Crippen LogP contribution in [0, 0.1) is 0 Å². The van der Waals surface area contributed by atoms with Crippen molar-refractivity contribution in [2.24, 2.45) is 5.73 Å². The fraction of sp³-hybridized carbons (Fsp3) is 0.615. The van der Waals surface area contributed by atoms with Crippen LogP contribution in [0.15, 0.2) is 10.6 Å². The fourth-order valence-electron chi connectivity index (χ4n) is 1.77. The van der Waals surface area contributed by atoms with E-state index in [9.17, 15) is 0 Å². The maximum absolute atomic E-state index is 6.12. The lowest BCUT2D eigenvalue weighted by molar-refractivity contribution is 0.377. The SMILES string of the molecule is CCc1cc(-c2nc(C(C)(N)CC)no2)n(CC)n1. The minimum Gasteiger partial charge on any atom is -0.332 e. The van der Waals surface area contributed by atoms with E-state index < -0.39 is 5.54 Å². The van der Waals surface area contributed by atoms with Gasteiger partial charge in [-0.25, -0.2) is 0 Å². The highest BCUT2D eigenvalue weighted by atomic mass is 16.5. The van der Waals surface area contributed by atoms with Crippen molar-refractivity contribution in [3.8, 4) is 11.6 Å². The highest BCUT2D eigenvalue weighted by Gasteiger charge is 2.26. The highest BCUT2D eigenvalue weighted by Crippen LogP contribution is 2.23. The molecule has 6 nitrogen and oxygen atoms in total. The molecule has 0 radical (unpaired) electrons. The number of aromatic nitrogens is 4. The molecule has 2 aromatic heterocycles. The van der Waals surface area contributed by atoms with E-state index in [-0.39, 0.29) is 0 Å². The fourth-order valence-corrected chi connectivity index (χ4v) is 1.77. The predicted octanol–water partition coefficient (Wildman–Crippen LogP) is 2.10. The first kappa shape index (κ1) is 13.7. The lowest BCUT2D eigenvalue weighted by Crippen LogP contribution is -2.33. The number of nitrogens with two attached hydrogens (primary N) is 1. The Morgan fingerprint density at radius 3 is 2.68 bits per heavy atom. The molecule has 0 aromatic carbocycles. The van der Waals surface area contributed by atoms with Crippen molar-refractivity contribution in [2.75, 3.05) is 0 Å². The molecule has 0 aliphatic heterocycles. The molecule has 104 valence electrons. The van der Waals surface area contributed by atoms with Gasteiger partial charge in [0.2, 0.25) is 0 Å². The molecule has 0 saturated carbocycles. The van der Waals surface area contributed by atoms with E-state index in [4.69, 9.17) is 10.3 Å². The van der Waals surface area contributed by atoms with Crippen LogP contribution in [0.1, 0.15) is 45.6 Å². The molecular weight excluding hydrogens is 242 g/mol. The molecule has 2 N–H and O–H groups in total. The van der Waals surface area contributed by atoms with Crippen molar-refractivity contribution < 1.29 is 4.52 Å². The van der Waals surface area contributed by atoms with Crippen LogP contribution in [0.2, 0.25) is 0 Å². The first-order valence-corrected chi connectivity index (χ1v) is 6.72. The number of aryl methyl sites for hydroxylation is 2. The molecule has 2 aromatic rings. The standard InChI is InChI=1S/C13H21N5O/c1-5-9-8-10(18(7-3)16-9)11-15-12(17-19-11)13(4,14)6-2/h8H,5-7,14H2,1-4H3. The Bertz CT molecular complexity index is 555.